The molecule has 3 aromatic rings. The number of rotatable bonds is 8. The van der Waals surface area contributed by atoms with E-state index < -0.39 is 17.7 Å². The number of Topliss-reactive ketones (excluding diaryl/α,β-unsaturated/α-hetero) is 1. The van der Waals surface area contributed by atoms with Crippen molar-refractivity contribution in [3.05, 3.63) is 82.4 Å². The second-order valence-electron chi connectivity index (χ2n) is 9.61. The van der Waals surface area contributed by atoms with E-state index >= 15 is 0 Å². The Hall–Kier alpha value is -4.46. The number of benzene rings is 3. The van der Waals surface area contributed by atoms with Gasteiger partial charge in [0, 0.05) is 11.3 Å². The molecule has 0 spiro atoms. The van der Waals surface area contributed by atoms with E-state index in [1.54, 1.807) is 42.5 Å². The Balaban J connectivity index is 1.97. The highest BCUT2D eigenvalue weighted by molar-refractivity contribution is 6.51. The van der Waals surface area contributed by atoms with E-state index in [-0.39, 0.29) is 17.4 Å². The van der Waals surface area contributed by atoms with Crippen molar-refractivity contribution in [1.82, 2.24) is 0 Å². The minimum atomic E-state index is -0.965. The number of ether oxygens (including phenoxy) is 4. The summed E-state index contributed by atoms with van der Waals surface area (Å²) < 4.78 is 22.4. The van der Waals surface area contributed by atoms with E-state index in [9.17, 15) is 14.7 Å². The van der Waals surface area contributed by atoms with Crippen molar-refractivity contribution in [2.24, 2.45) is 0 Å². The fourth-order valence-corrected chi connectivity index (χ4v) is 4.72. The van der Waals surface area contributed by atoms with Crippen LogP contribution in [0.2, 0.25) is 0 Å². The first-order valence-corrected chi connectivity index (χ1v) is 12.6. The molecule has 204 valence electrons. The molecule has 0 aromatic heterocycles. The topological polar surface area (TPSA) is 94.5 Å². The van der Waals surface area contributed by atoms with Crippen molar-refractivity contribution < 1.29 is 33.6 Å². The average Bonchev–Trinajstić information content (AvgIpc) is 3.18. The first kappa shape index (κ1) is 27.6. The van der Waals surface area contributed by atoms with Crippen LogP contribution in [0, 0.1) is 13.8 Å². The third kappa shape index (κ3) is 5.14. The van der Waals surface area contributed by atoms with E-state index in [1.165, 1.54) is 26.2 Å². The Kier molecular flexibility index (Phi) is 7.85. The van der Waals surface area contributed by atoms with Gasteiger partial charge < -0.3 is 24.1 Å². The molecule has 0 radical (unpaired) electrons. The van der Waals surface area contributed by atoms with Crippen LogP contribution >= 0.6 is 0 Å². The molecule has 0 aliphatic carbocycles. The number of hydrogen-bond donors (Lipinski definition) is 1. The Morgan fingerprint density at radius 1 is 0.846 bits per heavy atom. The van der Waals surface area contributed by atoms with Gasteiger partial charge in [0.25, 0.3) is 11.7 Å². The highest BCUT2D eigenvalue weighted by atomic mass is 16.5. The number of ketones is 1. The Labute approximate surface area is 228 Å². The first-order valence-electron chi connectivity index (χ1n) is 12.6. The second-order valence-corrected chi connectivity index (χ2v) is 9.61. The van der Waals surface area contributed by atoms with Crippen LogP contribution in [0.1, 0.15) is 42.1 Å². The number of carbonyl (C=O) groups excluding carboxylic acids is 2. The van der Waals surface area contributed by atoms with Gasteiger partial charge in [0.05, 0.1) is 39.0 Å². The predicted octanol–water partition coefficient (Wildman–Crippen LogP) is 5.74. The van der Waals surface area contributed by atoms with Gasteiger partial charge in [-0.05, 0) is 81.3 Å². The minimum absolute atomic E-state index is 0.0250. The largest absolute Gasteiger partial charge is 0.507 e. The van der Waals surface area contributed by atoms with Crippen LogP contribution in [0.3, 0.4) is 0 Å². The van der Waals surface area contributed by atoms with Crippen LogP contribution in [0.25, 0.3) is 5.76 Å². The maximum absolute atomic E-state index is 13.6. The van der Waals surface area contributed by atoms with Gasteiger partial charge >= 0.3 is 0 Å². The van der Waals surface area contributed by atoms with Crippen LogP contribution in [0.5, 0.6) is 23.0 Å². The number of amides is 1. The number of aryl methyl sites for hydroxylation is 2. The molecule has 1 aliphatic heterocycles. The lowest BCUT2D eigenvalue weighted by atomic mass is 9.94. The van der Waals surface area contributed by atoms with E-state index in [0.717, 1.165) is 11.1 Å². The zero-order valence-electron chi connectivity index (χ0n) is 23.2. The van der Waals surface area contributed by atoms with Gasteiger partial charge in [-0.1, -0.05) is 17.7 Å². The number of carbonyl (C=O) groups is 2. The van der Waals surface area contributed by atoms with Gasteiger partial charge in [-0.2, -0.15) is 0 Å². The van der Waals surface area contributed by atoms with Crippen molar-refractivity contribution in [3.63, 3.8) is 0 Å². The lowest BCUT2D eigenvalue weighted by Gasteiger charge is -2.27. The summed E-state index contributed by atoms with van der Waals surface area (Å²) in [5.41, 5.74) is 3.14. The fourth-order valence-electron chi connectivity index (χ4n) is 4.72. The monoisotopic (exact) mass is 531 g/mol. The molecule has 1 N–H and O–H groups in total. The molecule has 8 nitrogen and oxygen atoms in total. The molecule has 1 atom stereocenters. The molecular formula is C31H33NO7. The molecule has 4 rings (SSSR count). The quantitative estimate of drug-likeness (QED) is 0.225. The smallest absolute Gasteiger partial charge is 0.300 e. The van der Waals surface area contributed by atoms with Crippen LogP contribution < -0.4 is 23.8 Å². The predicted molar refractivity (Wildman–Crippen MR) is 149 cm³/mol. The molecule has 1 amide bonds. The number of aliphatic hydroxyl groups is 1. The molecule has 1 fully saturated rings. The molecule has 0 bridgehead atoms. The van der Waals surface area contributed by atoms with Crippen molar-refractivity contribution in [3.8, 4) is 23.0 Å². The highest BCUT2D eigenvalue weighted by Gasteiger charge is 2.47. The van der Waals surface area contributed by atoms with Crippen molar-refractivity contribution >= 4 is 23.1 Å². The van der Waals surface area contributed by atoms with Gasteiger partial charge in [0.1, 0.15) is 11.5 Å². The summed E-state index contributed by atoms with van der Waals surface area (Å²) >= 11 is 0. The molecule has 1 aliphatic rings. The van der Waals surface area contributed by atoms with Gasteiger partial charge in [-0.25, -0.2) is 0 Å². The number of methoxy groups -OCH3 is 3. The molecule has 0 saturated carbocycles. The summed E-state index contributed by atoms with van der Waals surface area (Å²) in [5, 5.41) is 11.6. The number of aliphatic hydroxyl groups excluding tert-OH is 1. The zero-order valence-corrected chi connectivity index (χ0v) is 23.2. The van der Waals surface area contributed by atoms with Gasteiger partial charge in [-0.3, -0.25) is 14.5 Å². The lowest BCUT2D eigenvalue weighted by Crippen LogP contribution is -2.29. The summed E-state index contributed by atoms with van der Waals surface area (Å²) in [4.78, 5) is 28.5. The van der Waals surface area contributed by atoms with Crippen LogP contribution in [0.4, 0.5) is 5.69 Å². The Bertz CT molecular complexity index is 1410. The maximum atomic E-state index is 13.6. The second kappa shape index (κ2) is 11.1. The maximum Gasteiger partial charge on any atom is 0.300 e. The number of nitrogens with zero attached hydrogens (tertiary/aromatic N) is 1. The molecule has 1 heterocycles. The third-order valence-corrected chi connectivity index (χ3v) is 6.57. The molecule has 8 heteroatoms. The van der Waals surface area contributed by atoms with Gasteiger partial charge in [0.15, 0.2) is 11.5 Å². The SMILES string of the molecule is COc1cc(C2/C(=C(\O)c3ccc(OC(C)C)c(C)c3)C(=O)C(=O)N2c2ccc(C)cc2)cc(OC)c1OC. The average molecular weight is 532 g/mol. The van der Waals surface area contributed by atoms with Gasteiger partial charge in [-0.15, -0.1) is 0 Å². The first-order chi connectivity index (χ1) is 18.6. The van der Waals surface area contributed by atoms with E-state index in [1.807, 2.05) is 39.8 Å². The summed E-state index contributed by atoms with van der Waals surface area (Å²) in [7, 11) is 4.47. The minimum Gasteiger partial charge on any atom is -0.507 e. The standard InChI is InChI=1S/C31H33NO7/c1-17(2)39-23-13-10-20(14-19(23)4)28(33)26-27(21-15-24(36-5)30(38-7)25(16-21)37-6)32(31(35)29(26)34)22-11-8-18(3)9-12-22/h8-17,27,33H,1-7H3/b28-26+. The number of anilines is 1. The lowest BCUT2D eigenvalue weighted by molar-refractivity contribution is -0.132. The summed E-state index contributed by atoms with van der Waals surface area (Å²) in [6, 6.07) is 14.8. The normalized spacial score (nSPS) is 16.5. The fraction of sp³-hybridized carbons (Fsp3) is 0.290. The summed E-state index contributed by atoms with van der Waals surface area (Å²) in [5.74, 6) is -0.0986. The zero-order chi connectivity index (χ0) is 28.4. The Morgan fingerprint density at radius 2 is 1.46 bits per heavy atom. The molecule has 1 saturated heterocycles. The summed E-state index contributed by atoms with van der Waals surface area (Å²) in [6.07, 6.45) is -0.0250. The summed E-state index contributed by atoms with van der Waals surface area (Å²) in [6.45, 7) is 7.65. The van der Waals surface area contributed by atoms with Crippen molar-refractivity contribution in [2.45, 2.75) is 39.8 Å². The molecule has 1 unspecified atom stereocenters. The van der Waals surface area contributed by atoms with Crippen LogP contribution in [-0.2, 0) is 9.59 Å². The van der Waals surface area contributed by atoms with E-state index in [0.29, 0.717) is 39.8 Å². The molecular weight excluding hydrogens is 498 g/mol. The van der Waals surface area contributed by atoms with E-state index in [2.05, 4.69) is 0 Å². The highest BCUT2D eigenvalue weighted by Crippen LogP contribution is 2.47. The van der Waals surface area contributed by atoms with Crippen LogP contribution in [-0.4, -0.2) is 44.2 Å². The van der Waals surface area contributed by atoms with E-state index in [4.69, 9.17) is 18.9 Å². The molecule has 39 heavy (non-hydrogen) atoms. The van der Waals surface area contributed by atoms with Crippen molar-refractivity contribution in [2.75, 3.05) is 26.2 Å². The Morgan fingerprint density at radius 3 is 1.97 bits per heavy atom. The van der Waals surface area contributed by atoms with Crippen LogP contribution in [0.15, 0.2) is 60.2 Å². The van der Waals surface area contributed by atoms with Crippen molar-refractivity contribution in [1.29, 1.82) is 0 Å². The van der Waals surface area contributed by atoms with Gasteiger partial charge in [0.2, 0.25) is 5.75 Å². The third-order valence-electron chi connectivity index (χ3n) is 6.57. The molecule has 3 aromatic carbocycles. The number of hydrogen-bond acceptors (Lipinski definition) is 7.